The first kappa shape index (κ1) is 28.4. The second-order valence-electron chi connectivity index (χ2n) is 9.46. The monoisotopic (exact) mass is 552 g/mol. The Morgan fingerprint density at radius 3 is 1.90 bits per heavy atom. The van der Waals surface area contributed by atoms with Gasteiger partial charge in [0.05, 0.1) is 11.4 Å². The summed E-state index contributed by atoms with van der Waals surface area (Å²) in [6, 6.07) is 19.9. The molecule has 0 atom stereocenters. The Bertz CT molecular complexity index is 1590. The lowest BCUT2D eigenvalue weighted by Gasteiger charge is -2.11. The molecule has 0 aliphatic heterocycles. The number of hydrogen-bond acceptors (Lipinski definition) is 8. The number of aromatic nitrogens is 5. The third kappa shape index (κ3) is 7.30. The summed E-state index contributed by atoms with van der Waals surface area (Å²) in [5.41, 5.74) is 21.2. The van der Waals surface area contributed by atoms with Crippen molar-refractivity contribution in [3.63, 3.8) is 0 Å². The van der Waals surface area contributed by atoms with E-state index in [1.807, 2.05) is 36.5 Å². The summed E-state index contributed by atoms with van der Waals surface area (Å²) in [5.74, 6) is 1.21. The number of nitrogens with one attached hydrogen (secondary N) is 1. The minimum Gasteiger partial charge on any atom is -0.370 e. The number of rotatable bonds is 6. The van der Waals surface area contributed by atoms with Gasteiger partial charge in [0.25, 0.3) is 0 Å². The molecular formula is C31H33ClN8. The van der Waals surface area contributed by atoms with Gasteiger partial charge in [0.2, 0.25) is 11.9 Å². The van der Waals surface area contributed by atoms with Crippen LogP contribution >= 0.6 is 11.6 Å². The van der Waals surface area contributed by atoms with E-state index >= 15 is 0 Å². The molecular weight excluding hydrogens is 520 g/mol. The molecule has 0 radical (unpaired) electrons. The molecule has 3 aromatic heterocycles. The van der Waals surface area contributed by atoms with Crippen molar-refractivity contribution in [1.29, 1.82) is 0 Å². The molecule has 8 nitrogen and oxygen atoms in total. The van der Waals surface area contributed by atoms with Crippen molar-refractivity contribution in [2.45, 2.75) is 34.1 Å². The first-order valence-corrected chi connectivity index (χ1v) is 13.3. The van der Waals surface area contributed by atoms with Crippen molar-refractivity contribution in [3.8, 4) is 22.5 Å². The fraction of sp³-hybridized carbons (Fsp3) is 0.194. The van der Waals surface area contributed by atoms with Crippen LogP contribution in [0.1, 0.15) is 27.8 Å². The minimum absolute atomic E-state index is 0.198. The zero-order valence-electron chi connectivity index (χ0n) is 23.1. The van der Waals surface area contributed by atoms with Crippen LogP contribution in [0.2, 0.25) is 5.15 Å². The number of nitrogen functional groups attached to an aromatic ring is 2. The van der Waals surface area contributed by atoms with Crippen molar-refractivity contribution in [2.75, 3.05) is 23.3 Å². The lowest BCUT2D eigenvalue weighted by atomic mass is 10.0. The van der Waals surface area contributed by atoms with E-state index in [9.17, 15) is 0 Å². The number of pyridine rings is 1. The minimum atomic E-state index is 0.198. The van der Waals surface area contributed by atoms with E-state index in [0.717, 1.165) is 41.3 Å². The van der Waals surface area contributed by atoms with Gasteiger partial charge in [-0.05, 0) is 68.0 Å². The maximum atomic E-state index is 5.90. The number of nitrogens with two attached hydrogens (primary N) is 2. The van der Waals surface area contributed by atoms with Crippen molar-refractivity contribution >= 4 is 29.3 Å². The SMILES string of the molecule is Cc1cccc(-c2cc(Cl)nc(N)n2)c1C.Cc1cccc(-c2cc(NCCc3cccnc3)nc(N)n2)c1C. The average Bonchev–Trinajstić information content (AvgIpc) is 2.92. The normalized spacial score (nSPS) is 10.5. The van der Waals surface area contributed by atoms with Gasteiger partial charge in [0.15, 0.2) is 0 Å². The lowest BCUT2D eigenvalue weighted by Crippen LogP contribution is -2.09. The Labute approximate surface area is 239 Å². The van der Waals surface area contributed by atoms with Crippen molar-refractivity contribution in [1.82, 2.24) is 24.9 Å². The van der Waals surface area contributed by atoms with Crippen LogP contribution in [-0.2, 0) is 6.42 Å². The molecule has 0 saturated carbocycles. The largest absolute Gasteiger partial charge is 0.370 e. The van der Waals surface area contributed by atoms with Crippen molar-refractivity contribution < 1.29 is 0 Å². The van der Waals surface area contributed by atoms with Crippen LogP contribution < -0.4 is 16.8 Å². The molecule has 5 aromatic rings. The first-order chi connectivity index (χ1) is 19.2. The Kier molecular flexibility index (Phi) is 9.24. The van der Waals surface area contributed by atoms with E-state index < -0.39 is 0 Å². The average molecular weight is 553 g/mol. The molecule has 0 fully saturated rings. The highest BCUT2D eigenvalue weighted by atomic mass is 35.5. The number of hydrogen-bond donors (Lipinski definition) is 3. The van der Waals surface area contributed by atoms with Gasteiger partial charge >= 0.3 is 0 Å². The molecule has 0 aliphatic carbocycles. The third-order valence-corrected chi connectivity index (χ3v) is 6.85. The summed E-state index contributed by atoms with van der Waals surface area (Å²) in [6.07, 6.45) is 4.52. The van der Waals surface area contributed by atoms with E-state index in [0.29, 0.717) is 5.15 Å². The van der Waals surface area contributed by atoms with Gasteiger partial charge in [0.1, 0.15) is 11.0 Å². The first-order valence-electron chi connectivity index (χ1n) is 12.9. The predicted molar refractivity (Wildman–Crippen MR) is 164 cm³/mol. The third-order valence-electron chi connectivity index (χ3n) is 6.66. The van der Waals surface area contributed by atoms with Crippen LogP contribution in [-0.4, -0.2) is 31.5 Å². The quantitative estimate of drug-likeness (QED) is 0.207. The van der Waals surface area contributed by atoms with Crippen LogP contribution in [0.4, 0.5) is 17.7 Å². The summed E-state index contributed by atoms with van der Waals surface area (Å²) in [5, 5.41) is 3.68. The molecule has 5 N–H and O–H groups in total. The maximum Gasteiger partial charge on any atom is 0.222 e. The van der Waals surface area contributed by atoms with Gasteiger partial charge in [-0.1, -0.05) is 54.1 Å². The fourth-order valence-corrected chi connectivity index (χ4v) is 4.40. The lowest BCUT2D eigenvalue weighted by molar-refractivity contribution is 0.990. The van der Waals surface area contributed by atoms with Crippen molar-refractivity contribution in [2.24, 2.45) is 0 Å². The smallest absolute Gasteiger partial charge is 0.222 e. The maximum absolute atomic E-state index is 5.90. The highest BCUT2D eigenvalue weighted by Crippen LogP contribution is 2.27. The van der Waals surface area contributed by atoms with E-state index in [1.165, 1.54) is 27.8 Å². The van der Waals surface area contributed by atoms with Gasteiger partial charge in [0, 0.05) is 42.2 Å². The highest BCUT2D eigenvalue weighted by Gasteiger charge is 2.09. The van der Waals surface area contributed by atoms with Crippen LogP contribution in [0.3, 0.4) is 0 Å². The van der Waals surface area contributed by atoms with Gasteiger partial charge in [-0.25, -0.2) is 15.0 Å². The molecule has 9 heteroatoms. The van der Waals surface area contributed by atoms with Crippen LogP contribution in [0.15, 0.2) is 73.1 Å². The molecule has 2 aromatic carbocycles. The topological polar surface area (TPSA) is 129 Å². The number of anilines is 3. The molecule has 0 saturated heterocycles. The zero-order valence-corrected chi connectivity index (χ0v) is 23.9. The Morgan fingerprint density at radius 2 is 1.32 bits per heavy atom. The van der Waals surface area contributed by atoms with Gasteiger partial charge < -0.3 is 16.8 Å². The summed E-state index contributed by atoms with van der Waals surface area (Å²) < 4.78 is 0. The predicted octanol–water partition coefficient (Wildman–Crippen LogP) is 6.39. The van der Waals surface area contributed by atoms with E-state index in [-0.39, 0.29) is 11.9 Å². The standard InChI is InChI=1S/C19H21N5.C12H12ClN3/c1-13-5-3-7-16(14(13)2)17-11-18(24-19(20)23-17)22-10-8-15-6-4-9-21-12-15;1-7-4-3-5-9(8(7)2)10-6-11(13)16-12(14)15-10/h3-7,9,11-12H,8,10H2,1-2H3,(H3,20,22,23,24);3-6H,1-2H3,(H2,14,15,16). The Hall–Kier alpha value is -4.56. The summed E-state index contributed by atoms with van der Waals surface area (Å²) in [6.45, 7) is 9.06. The molecule has 0 bridgehead atoms. The molecule has 0 amide bonds. The zero-order chi connectivity index (χ0) is 28.6. The molecule has 5 rings (SSSR count). The Balaban J connectivity index is 0.000000201. The molecule has 204 valence electrons. The highest BCUT2D eigenvalue weighted by molar-refractivity contribution is 6.29. The van der Waals surface area contributed by atoms with Crippen LogP contribution in [0, 0.1) is 27.7 Å². The van der Waals surface area contributed by atoms with E-state index in [1.54, 1.807) is 12.3 Å². The molecule has 0 aliphatic rings. The van der Waals surface area contributed by atoms with Crippen LogP contribution in [0.5, 0.6) is 0 Å². The second-order valence-corrected chi connectivity index (χ2v) is 9.85. The number of benzene rings is 2. The summed E-state index contributed by atoms with van der Waals surface area (Å²) >= 11 is 5.86. The van der Waals surface area contributed by atoms with Gasteiger partial charge in [-0.3, -0.25) is 4.98 Å². The van der Waals surface area contributed by atoms with Gasteiger partial charge in [-0.15, -0.1) is 0 Å². The number of halogens is 1. The fourth-order valence-electron chi connectivity index (χ4n) is 4.21. The summed E-state index contributed by atoms with van der Waals surface area (Å²) in [7, 11) is 0. The molecule has 40 heavy (non-hydrogen) atoms. The molecule has 0 unspecified atom stereocenters. The van der Waals surface area contributed by atoms with Crippen molar-refractivity contribution in [3.05, 3.63) is 106 Å². The number of nitrogens with zero attached hydrogens (tertiary/aromatic N) is 5. The van der Waals surface area contributed by atoms with E-state index in [4.69, 9.17) is 23.1 Å². The molecule has 0 spiro atoms. The van der Waals surface area contributed by atoms with Crippen LogP contribution in [0.25, 0.3) is 22.5 Å². The Morgan fingerprint density at radius 1 is 0.725 bits per heavy atom. The second kappa shape index (κ2) is 13.0. The molecule has 3 heterocycles. The number of aryl methyl sites for hydroxylation is 2. The van der Waals surface area contributed by atoms with E-state index in [2.05, 4.69) is 82.2 Å². The summed E-state index contributed by atoms with van der Waals surface area (Å²) in [4.78, 5) is 20.8. The van der Waals surface area contributed by atoms with Gasteiger partial charge in [-0.2, -0.15) is 4.98 Å².